The van der Waals surface area contributed by atoms with Crippen LogP contribution in [0.3, 0.4) is 0 Å². The molecule has 3 atom stereocenters. The summed E-state index contributed by atoms with van der Waals surface area (Å²) < 4.78 is 0. The molecule has 160 valence electrons. The second-order valence-corrected chi connectivity index (χ2v) is 10.2. The van der Waals surface area contributed by atoms with E-state index in [-0.39, 0.29) is 5.41 Å². The summed E-state index contributed by atoms with van der Waals surface area (Å²) in [5, 5.41) is 6.53. The molecule has 1 fully saturated rings. The van der Waals surface area contributed by atoms with Gasteiger partial charge in [0.1, 0.15) is 0 Å². The van der Waals surface area contributed by atoms with E-state index in [2.05, 4.69) is 110 Å². The van der Waals surface area contributed by atoms with Crippen LogP contribution in [0.5, 0.6) is 0 Å². The van der Waals surface area contributed by atoms with E-state index in [9.17, 15) is 0 Å². The van der Waals surface area contributed by atoms with Crippen molar-refractivity contribution in [3.63, 3.8) is 0 Å². The van der Waals surface area contributed by atoms with Crippen molar-refractivity contribution in [2.24, 2.45) is 23.2 Å². The van der Waals surface area contributed by atoms with Crippen LogP contribution in [0.15, 0.2) is 108 Å². The Morgan fingerprint density at radius 2 is 1.78 bits per heavy atom. The molecule has 6 rings (SSSR count). The van der Waals surface area contributed by atoms with E-state index in [1.165, 1.54) is 33.3 Å². The standard InChI is InChI=1S/C31H31N/c1-31(2)28-16-7-5-13-25(28)26-19-18-22(20-29(26)31)32-30-17-8-6-14-27(30)24-15-9-11-21-10-3-4-12-23(21)24/h3-5,7-13,15-19,25,28-29,32H,6,14,20H2,1-2H3. The van der Waals surface area contributed by atoms with E-state index < -0.39 is 0 Å². The Hall–Kier alpha value is -3.06. The smallest absolute Gasteiger partial charge is 0.0417 e. The Balaban J connectivity index is 1.36. The summed E-state index contributed by atoms with van der Waals surface area (Å²) in [7, 11) is 0. The first-order valence-corrected chi connectivity index (χ1v) is 12.0. The Kier molecular flexibility index (Phi) is 4.61. The fourth-order valence-electron chi connectivity index (χ4n) is 6.44. The molecule has 32 heavy (non-hydrogen) atoms. The van der Waals surface area contributed by atoms with E-state index in [4.69, 9.17) is 0 Å². The Labute approximate surface area is 191 Å². The predicted molar refractivity (Wildman–Crippen MR) is 136 cm³/mol. The third-order valence-corrected chi connectivity index (χ3v) is 8.16. The zero-order valence-electron chi connectivity index (χ0n) is 19.0. The van der Waals surface area contributed by atoms with Crippen LogP contribution in [0.2, 0.25) is 0 Å². The summed E-state index contributed by atoms with van der Waals surface area (Å²) >= 11 is 0. The summed E-state index contributed by atoms with van der Waals surface area (Å²) in [6.07, 6.45) is 21.9. The molecule has 0 aromatic heterocycles. The number of nitrogens with one attached hydrogen (secondary N) is 1. The third-order valence-electron chi connectivity index (χ3n) is 8.16. The van der Waals surface area contributed by atoms with Gasteiger partial charge in [-0.3, -0.25) is 0 Å². The molecule has 0 amide bonds. The van der Waals surface area contributed by atoms with Crippen molar-refractivity contribution in [1.82, 2.24) is 5.32 Å². The Bertz CT molecular complexity index is 1260. The monoisotopic (exact) mass is 417 g/mol. The highest BCUT2D eigenvalue weighted by Gasteiger charge is 2.51. The fraction of sp³-hybridized carbons (Fsp3) is 0.290. The maximum Gasteiger partial charge on any atom is 0.0417 e. The maximum absolute atomic E-state index is 3.88. The van der Waals surface area contributed by atoms with Crippen molar-refractivity contribution in [3.05, 3.63) is 114 Å². The van der Waals surface area contributed by atoms with E-state index in [0.29, 0.717) is 17.8 Å². The molecule has 0 radical (unpaired) electrons. The van der Waals surface area contributed by atoms with E-state index >= 15 is 0 Å². The van der Waals surface area contributed by atoms with Gasteiger partial charge in [0.15, 0.2) is 0 Å². The van der Waals surface area contributed by atoms with Crippen molar-refractivity contribution in [1.29, 1.82) is 0 Å². The van der Waals surface area contributed by atoms with E-state index in [0.717, 1.165) is 19.3 Å². The average Bonchev–Trinajstić information content (AvgIpc) is 3.06. The van der Waals surface area contributed by atoms with Crippen LogP contribution < -0.4 is 5.32 Å². The Morgan fingerprint density at radius 1 is 0.938 bits per heavy atom. The zero-order valence-corrected chi connectivity index (χ0v) is 19.0. The second-order valence-electron chi connectivity index (χ2n) is 10.2. The van der Waals surface area contributed by atoms with Crippen LogP contribution in [0.4, 0.5) is 0 Å². The molecule has 1 nitrogen and oxygen atoms in total. The van der Waals surface area contributed by atoms with Crippen molar-refractivity contribution in [3.8, 4) is 0 Å². The second kappa shape index (κ2) is 7.52. The summed E-state index contributed by atoms with van der Waals surface area (Å²) in [6.45, 7) is 4.92. The molecule has 1 saturated carbocycles. The van der Waals surface area contributed by atoms with Gasteiger partial charge in [-0.15, -0.1) is 0 Å². The van der Waals surface area contributed by atoms with Crippen LogP contribution >= 0.6 is 0 Å². The molecular weight excluding hydrogens is 386 g/mol. The molecule has 0 aliphatic heterocycles. The first-order chi connectivity index (χ1) is 15.6. The number of benzene rings is 2. The minimum atomic E-state index is 0.272. The first kappa shape index (κ1) is 19.6. The predicted octanol–water partition coefficient (Wildman–Crippen LogP) is 7.72. The van der Waals surface area contributed by atoms with Crippen LogP contribution in [-0.4, -0.2) is 0 Å². The number of fused-ring (bicyclic) bond motifs is 4. The van der Waals surface area contributed by atoms with Crippen LogP contribution in [-0.2, 0) is 0 Å². The molecule has 0 saturated heterocycles. The summed E-state index contributed by atoms with van der Waals surface area (Å²) in [6, 6.07) is 15.4. The van der Waals surface area contributed by atoms with Gasteiger partial charge in [-0.25, -0.2) is 0 Å². The summed E-state index contributed by atoms with van der Waals surface area (Å²) in [4.78, 5) is 0. The lowest BCUT2D eigenvalue weighted by Crippen LogP contribution is -2.28. The van der Waals surface area contributed by atoms with Gasteiger partial charge in [0.2, 0.25) is 0 Å². The summed E-state index contributed by atoms with van der Waals surface area (Å²) in [5.74, 6) is 1.76. The minimum absolute atomic E-state index is 0.272. The van der Waals surface area contributed by atoms with Crippen LogP contribution in [0.1, 0.15) is 38.7 Å². The van der Waals surface area contributed by atoms with Gasteiger partial charge < -0.3 is 5.32 Å². The average molecular weight is 418 g/mol. The molecule has 1 heteroatoms. The zero-order chi connectivity index (χ0) is 21.7. The largest absolute Gasteiger partial charge is 0.359 e. The van der Waals surface area contributed by atoms with E-state index in [1.54, 1.807) is 5.57 Å². The minimum Gasteiger partial charge on any atom is -0.359 e. The van der Waals surface area contributed by atoms with Gasteiger partial charge in [-0.2, -0.15) is 0 Å². The number of allylic oxidation sites excluding steroid dienone is 11. The van der Waals surface area contributed by atoms with Crippen LogP contribution in [0, 0.1) is 23.2 Å². The lowest BCUT2D eigenvalue weighted by Gasteiger charge is -2.34. The van der Waals surface area contributed by atoms with Gasteiger partial charge in [0.05, 0.1) is 0 Å². The number of hydrogen-bond donors (Lipinski definition) is 1. The molecule has 0 spiro atoms. The van der Waals surface area contributed by atoms with Gasteiger partial charge in [-0.1, -0.05) is 98.3 Å². The number of hydrogen-bond acceptors (Lipinski definition) is 1. The van der Waals surface area contributed by atoms with Crippen molar-refractivity contribution in [2.45, 2.75) is 33.1 Å². The molecule has 4 aliphatic rings. The lowest BCUT2D eigenvalue weighted by molar-refractivity contribution is 0.214. The van der Waals surface area contributed by atoms with Crippen molar-refractivity contribution >= 4 is 16.3 Å². The molecule has 2 aromatic rings. The van der Waals surface area contributed by atoms with Crippen molar-refractivity contribution in [2.75, 3.05) is 0 Å². The molecular formula is C31H31N. The van der Waals surface area contributed by atoms with E-state index in [1.807, 2.05) is 0 Å². The van der Waals surface area contributed by atoms with Crippen molar-refractivity contribution < 1.29 is 0 Å². The SMILES string of the molecule is CC1(C)C2CC(NC3=C(c4cccc5ccccc45)CCC=C3)=CC=C2C2C=CC=CC21. The maximum atomic E-state index is 3.88. The fourth-order valence-corrected chi connectivity index (χ4v) is 6.44. The highest BCUT2D eigenvalue weighted by molar-refractivity contribution is 5.95. The van der Waals surface area contributed by atoms with Gasteiger partial charge in [-0.05, 0) is 70.6 Å². The first-order valence-electron chi connectivity index (χ1n) is 12.0. The quantitative estimate of drug-likeness (QED) is 0.539. The Morgan fingerprint density at radius 3 is 2.72 bits per heavy atom. The molecule has 3 unspecified atom stereocenters. The van der Waals surface area contributed by atoms with Gasteiger partial charge in [0.25, 0.3) is 0 Å². The van der Waals surface area contributed by atoms with Crippen LogP contribution in [0.25, 0.3) is 16.3 Å². The third kappa shape index (κ3) is 3.06. The summed E-state index contributed by atoms with van der Waals surface area (Å²) in [5.41, 5.74) is 7.30. The highest BCUT2D eigenvalue weighted by Crippen LogP contribution is 2.58. The normalized spacial score (nSPS) is 27.8. The lowest BCUT2D eigenvalue weighted by atomic mass is 9.71. The van der Waals surface area contributed by atoms with Gasteiger partial charge in [0, 0.05) is 17.3 Å². The molecule has 1 N–H and O–H groups in total. The van der Waals surface area contributed by atoms with Gasteiger partial charge >= 0.3 is 0 Å². The highest BCUT2D eigenvalue weighted by atomic mass is 14.9. The molecule has 4 aliphatic carbocycles. The molecule has 2 aromatic carbocycles. The topological polar surface area (TPSA) is 12.0 Å². The molecule has 0 heterocycles. The molecule has 0 bridgehead atoms. The number of rotatable bonds is 3.